The van der Waals surface area contributed by atoms with Gasteiger partial charge in [-0.3, -0.25) is 14.4 Å². The molecule has 0 spiro atoms. The Morgan fingerprint density at radius 1 is 1.05 bits per heavy atom. The number of rotatable bonds is 8. The minimum absolute atomic E-state index is 0.221. The summed E-state index contributed by atoms with van der Waals surface area (Å²) in [5.41, 5.74) is 0. The Balaban J connectivity index is 4.74. The van der Waals surface area contributed by atoms with E-state index in [1.807, 2.05) is 0 Å². The van der Waals surface area contributed by atoms with E-state index in [2.05, 4.69) is 10.6 Å². The molecular weight excluding hydrogens is 268 g/mol. The summed E-state index contributed by atoms with van der Waals surface area (Å²) in [4.78, 5) is 44.4. The van der Waals surface area contributed by atoms with Gasteiger partial charge in [0.2, 0.25) is 11.8 Å². The van der Waals surface area contributed by atoms with Crippen molar-refractivity contribution in [3.8, 4) is 0 Å². The summed E-state index contributed by atoms with van der Waals surface area (Å²) in [6.45, 7) is 4.65. The Morgan fingerprint density at radius 2 is 1.60 bits per heavy atom. The molecule has 8 heteroatoms. The molecule has 0 radical (unpaired) electrons. The van der Waals surface area contributed by atoms with Gasteiger partial charge in [-0.05, 0) is 12.3 Å². The predicted octanol–water partition coefficient (Wildman–Crippen LogP) is -0.419. The highest BCUT2D eigenvalue weighted by Crippen LogP contribution is 2.04. The first-order chi connectivity index (χ1) is 9.15. The van der Waals surface area contributed by atoms with E-state index in [1.54, 1.807) is 13.8 Å². The topological polar surface area (TPSA) is 133 Å². The van der Waals surface area contributed by atoms with Crippen molar-refractivity contribution in [3.63, 3.8) is 0 Å². The fourth-order valence-electron chi connectivity index (χ4n) is 1.54. The lowest BCUT2D eigenvalue weighted by Gasteiger charge is -2.23. The number of aliphatic carboxylic acids is 2. The van der Waals surface area contributed by atoms with Crippen LogP contribution in [0.1, 0.15) is 33.6 Å². The lowest BCUT2D eigenvalue weighted by Crippen LogP contribution is -2.53. The van der Waals surface area contributed by atoms with E-state index in [0.29, 0.717) is 0 Å². The minimum Gasteiger partial charge on any atom is -0.481 e. The first-order valence-electron chi connectivity index (χ1n) is 6.17. The van der Waals surface area contributed by atoms with E-state index in [-0.39, 0.29) is 18.8 Å². The van der Waals surface area contributed by atoms with Gasteiger partial charge >= 0.3 is 11.9 Å². The molecule has 0 aliphatic heterocycles. The Kier molecular flexibility index (Phi) is 7.27. The summed E-state index contributed by atoms with van der Waals surface area (Å²) >= 11 is 0. The molecule has 0 aliphatic rings. The van der Waals surface area contributed by atoms with Crippen LogP contribution in [0.15, 0.2) is 0 Å². The highest BCUT2D eigenvalue weighted by molar-refractivity contribution is 5.90. The van der Waals surface area contributed by atoms with Crippen molar-refractivity contribution in [2.75, 3.05) is 0 Å². The number of hydrogen-bond acceptors (Lipinski definition) is 4. The van der Waals surface area contributed by atoms with E-state index >= 15 is 0 Å². The number of carbonyl (C=O) groups is 4. The molecule has 2 atom stereocenters. The summed E-state index contributed by atoms with van der Waals surface area (Å²) in [6.07, 6.45) is -0.592. The average Bonchev–Trinajstić information content (AvgIpc) is 2.29. The van der Waals surface area contributed by atoms with Crippen molar-refractivity contribution in [3.05, 3.63) is 0 Å². The SMILES string of the molecule is CC(=O)NC(C(=O)N[C@@H](CCC(=O)O)C(=O)O)C(C)C. The maximum absolute atomic E-state index is 11.9. The van der Waals surface area contributed by atoms with Gasteiger partial charge in [-0.15, -0.1) is 0 Å². The summed E-state index contributed by atoms with van der Waals surface area (Å²) in [5, 5.41) is 22.1. The highest BCUT2D eigenvalue weighted by Gasteiger charge is 2.28. The molecule has 0 bridgehead atoms. The molecule has 0 aromatic carbocycles. The molecule has 20 heavy (non-hydrogen) atoms. The zero-order valence-corrected chi connectivity index (χ0v) is 11.7. The number of hydrogen-bond donors (Lipinski definition) is 4. The summed E-state index contributed by atoms with van der Waals surface area (Å²) in [5.74, 6) is -3.74. The van der Waals surface area contributed by atoms with Gasteiger partial charge in [-0.1, -0.05) is 13.8 Å². The average molecular weight is 288 g/mol. The van der Waals surface area contributed by atoms with Crippen molar-refractivity contribution in [2.45, 2.75) is 45.7 Å². The zero-order chi connectivity index (χ0) is 15.9. The fraction of sp³-hybridized carbons (Fsp3) is 0.667. The molecule has 0 rings (SSSR count). The quantitative estimate of drug-likeness (QED) is 0.479. The maximum atomic E-state index is 11.9. The van der Waals surface area contributed by atoms with Crippen LogP contribution in [0.4, 0.5) is 0 Å². The van der Waals surface area contributed by atoms with E-state index in [9.17, 15) is 19.2 Å². The summed E-state index contributed by atoms with van der Waals surface area (Å²) in [6, 6.07) is -2.16. The lowest BCUT2D eigenvalue weighted by atomic mass is 10.0. The molecule has 8 nitrogen and oxygen atoms in total. The maximum Gasteiger partial charge on any atom is 0.326 e. The van der Waals surface area contributed by atoms with E-state index < -0.39 is 35.8 Å². The molecule has 2 amide bonds. The highest BCUT2D eigenvalue weighted by atomic mass is 16.4. The molecule has 0 saturated heterocycles. The lowest BCUT2D eigenvalue weighted by molar-refractivity contribution is -0.143. The minimum atomic E-state index is -1.31. The number of nitrogens with one attached hydrogen (secondary N) is 2. The van der Waals surface area contributed by atoms with Crippen LogP contribution in [-0.2, 0) is 19.2 Å². The monoisotopic (exact) mass is 288 g/mol. The third-order valence-corrected chi connectivity index (χ3v) is 2.57. The number of carboxylic acids is 2. The Labute approximate surface area is 116 Å². The first-order valence-corrected chi connectivity index (χ1v) is 6.17. The molecule has 114 valence electrons. The number of amides is 2. The second kappa shape index (κ2) is 8.13. The van der Waals surface area contributed by atoms with Gasteiger partial charge in [0.05, 0.1) is 0 Å². The molecule has 0 aliphatic carbocycles. The molecule has 0 aromatic rings. The Hall–Kier alpha value is -2.12. The van der Waals surface area contributed by atoms with Crippen LogP contribution in [0.3, 0.4) is 0 Å². The normalized spacial score (nSPS) is 13.4. The molecule has 1 unspecified atom stereocenters. The van der Waals surface area contributed by atoms with E-state index in [0.717, 1.165) is 0 Å². The third kappa shape index (κ3) is 6.72. The van der Waals surface area contributed by atoms with Crippen LogP contribution < -0.4 is 10.6 Å². The largest absolute Gasteiger partial charge is 0.481 e. The van der Waals surface area contributed by atoms with Crippen molar-refractivity contribution in [2.24, 2.45) is 5.92 Å². The third-order valence-electron chi connectivity index (χ3n) is 2.57. The molecule has 0 aromatic heterocycles. The molecule has 0 saturated carbocycles. The van der Waals surface area contributed by atoms with Gasteiger partial charge in [0.15, 0.2) is 0 Å². The van der Waals surface area contributed by atoms with E-state index in [4.69, 9.17) is 10.2 Å². The van der Waals surface area contributed by atoms with Crippen molar-refractivity contribution in [1.29, 1.82) is 0 Å². The van der Waals surface area contributed by atoms with Crippen molar-refractivity contribution in [1.82, 2.24) is 10.6 Å². The van der Waals surface area contributed by atoms with Gasteiger partial charge in [0.1, 0.15) is 12.1 Å². The Bertz CT molecular complexity index is 393. The van der Waals surface area contributed by atoms with Gasteiger partial charge in [-0.25, -0.2) is 4.79 Å². The standard InChI is InChI=1S/C12H20N2O6/c1-6(2)10(13-7(3)15)11(18)14-8(12(19)20)4-5-9(16)17/h6,8,10H,4-5H2,1-3H3,(H,13,15)(H,14,18)(H,16,17)(H,19,20)/t8-,10?/m0/s1. The van der Waals surface area contributed by atoms with Crippen LogP contribution in [0.5, 0.6) is 0 Å². The second-order valence-electron chi connectivity index (χ2n) is 4.75. The number of carbonyl (C=O) groups excluding carboxylic acids is 2. The number of carboxylic acid groups (broad SMARTS) is 2. The van der Waals surface area contributed by atoms with Crippen LogP contribution in [0.2, 0.25) is 0 Å². The molecule has 0 fully saturated rings. The van der Waals surface area contributed by atoms with Crippen LogP contribution >= 0.6 is 0 Å². The van der Waals surface area contributed by atoms with Crippen LogP contribution in [0.25, 0.3) is 0 Å². The smallest absolute Gasteiger partial charge is 0.326 e. The van der Waals surface area contributed by atoms with Gasteiger partial charge < -0.3 is 20.8 Å². The predicted molar refractivity (Wildman–Crippen MR) is 68.9 cm³/mol. The summed E-state index contributed by atoms with van der Waals surface area (Å²) < 4.78 is 0. The van der Waals surface area contributed by atoms with E-state index in [1.165, 1.54) is 6.92 Å². The Morgan fingerprint density at radius 3 is 1.95 bits per heavy atom. The van der Waals surface area contributed by atoms with Crippen LogP contribution in [-0.4, -0.2) is 46.0 Å². The van der Waals surface area contributed by atoms with Crippen molar-refractivity contribution >= 4 is 23.8 Å². The van der Waals surface area contributed by atoms with Crippen molar-refractivity contribution < 1.29 is 29.4 Å². The van der Waals surface area contributed by atoms with Gasteiger partial charge in [0, 0.05) is 13.3 Å². The summed E-state index contributed by atoms with van der Waals surface area (Å²) in [7, 11) is 0. The van der Waals surface area contributed by atoms with Crippen LogP contribution in [0, 0.1) is 5.92 Å². The molecule has 4 N–H and O–H groups in total. The van der Waals surface area contributed by atoms with Gasteiger partial charge in [0.25, 0.3) is 0 Å². The zero-order valence-electron chi connectivity index (χ0n) is 11.7. The molecular formula is C12H20N2O6. The first kappa shape index (κ1) is 17.9. The van der Waals surface area contributed by atoms with Gasteiger partial charge in [-0.2, -0.15) is 0 Å². The molecule has 0 heterocycles. The second-order valence-corrected chi connectivity index (χ2v) is 4.75. The fourth-order valence-corrected chi connectivity index (χ4v) is 1.54.